The Bertz CT molecular complexity index is 499. The molecule has 1 aromatic rings. The second kappa shape index (κ2) is 8.14. The van der Waals surface area contributed by atoms with Crippen molar-refractivity contribution in [2.45, 2.75) is 33.6 Å². The topological polar surface area (TPSA) is 41.8 Å². The Hall–Kier alpha value is -2.03. The fourth-order valence-electron chi connectivity index (χ4n) is 1.57. The number of rotatable bonds is 5. The molecule has 0 spiro atoms. The molecule has 0 saturated heterocycles. The van der Waals surface area contributed by atoms with Crippen molar-refractivity contribution in [2.75, 3.05) is 0 Å². The van der Waals surface area contributed by atoms with Gasteiger partial charge in [0.15, 0.2) is 11.6 Å². The number of nitrogens with zero attached hydrogens (tertiary/aromatic N) is 2. The Morgan fingerprint density at radius 1 is 1.21 bits per heavy atom. The molecule has 1 aromatic carbocycles. The van der Waals surface area contributed by atoms with Crippen LogP contribution in [0.4, 0.5) is 0 Å². The summed E-state index contributed by atoms with van der Waals surface area (Å²) in [5.41, 5.74) is 1.99. The molecule has 0 amide bonds. The maximum Gasteiger partial charge on any atom is 0.159 e. The summed E-state index contributed by atoms with van der Waals surface area (Å²) in [4.78, 5) is 19.7. The molecule has 1 rings (SSSR count). The fourth-order valence-corrected chi connectivity index (χ4v) is 1.57. The van der Waals surface area contributed by atoms with E-state index in [0.29, 0.717) is 5.84 Å². The maximum absolute atomic E-state index is 10.9. The molecule has 100 valence electrons. The number of amidine groups is 1. The van der Waals surface area contributed by atoms with E-state index in [1.807, 2.05) is 37.3 Å². The van der Waals surface area contributed by atoms with Crippen LogP contribution in [0.25, 0.3) is 0 Å². The average molecular weight is 256 g/mol. The van der Waals surface area contributed by atoms with E-state index in [9.17, 15) is 4.79 Å². The Kier molecular flexibility index (Phi) is 6.44. The predicted octanol–water partition coefficient (Wildman–Crippen LogP) is 3.80. The molecule has 0 aliphatic carbocycles. The van der Waals surface area contributed by atoms with Gasteiger partial charge in [-0.3, -0.25) is 4.79 Å². The van der Waals surface area contributed by atoms with Gasteiger partial charge in [-0.2, -0.15) is 0 Å². The highest BCUT2D eigenvalue weighted by Crippen LogP contribution is 2.05. The van der Waals surface area contributed by atoms with Crippen molar-refractivity contribution < 1.29 is 4.79 Å². The van der Waals surface area contributed by atoms with Crippen LogP contribution < -0.4 is 0 Å². The minimum Gasteiger partial charge on any atom is -0.295 e. The zero-order valence-corrected chi connectivity index (χ0v) is 11.8. The molecule has 3 nitrogen and oxygen atoms in total. The summed E-state index contributed by atoms with van der Waals surface area (Å²) in [6, 6.07) is 9.77. The highest BCUT2D eigenvalue weighted by atomic mass is 16.1. The van der Waals surface area contributed by atoms with E-state index in [4.69, 9.17) is 0 Å². The maximum atomic E-state index is 10.9. The van der Waals surface area contributed by atoms with Gasteiger partial charge in [0.25, 0.3) is 0 Å². The molecule has 0 aliphatic heterocycles. The third kappa shape index (κ3) is 5.91. The molecule has 0 unspecified atom stereocenters. The smallest absolute Gasteiger partial charge is 0.159 e. The van der Waals surface area contributed by atoms with Crippen LogP contribution in [-0.2, 0) is 4.79 Å². The summed E-state index contributed by atoms with van der Waals surface area (Å²) in [6.45, 7) is 5.62. The van der Waals surface area contributed by atoms with Gasteiger partial charge in [-0.25, -0.2) is 9.98 Å². The Morgan fingerprint density at radius 2 is 1.89 bits per heavy atom. The Morgan fingerprint density at radius 3 is 2.47 bits per heavy atom. The molecule has 0 heterocycles. The molecule has 0 N–H and O–H groups in total. The van der Waals surface area contributed by atoms with Crippen LogP contribution in [0.2, 0.25) is 0 Å². The third-order valence-corrected chi connectivity index (χ3v) is 2.45. The van der Waals surface area contributed by atoms with Gasteiger partial charge in [-0.05, 0) is 26.3 Å². The zero-order chi connectivity index (χ0) is 14.1. The van der Waals surface area contributed by atoms with Crippen LogP contribution in [0.1, 0.15) is 39.2 Å². The highest BCUT2D eigenvalue weighted by Gasteiger charge is 2.01. The molecule has 0 fully saturated rings. The summed E-state index contributed by atoms with van der Waals surface area (Å²) < 4.78 is 0. The van der Waals surface area contributed by atoms with Crippen molar-refractivity contribution in [1.82, 2.24) is 0 Å². The lowest BCUT2D eigenvalue weighted by Gasteiger charge is -2.02. The van der Waals surface area contributed by atoms with Crippen molar-refractivity contribution in [1.29, 1.82) is 0 Å². The molecular weight excluding hydrogens is 236 g/mol. The molecule has 19 heavy (non-hydrogen) atoms. The molecule has 0 saturated carbocycles. The van der Waals surface area contributed by atoms with E-state index in [0.717, 1.165) is 24.1 Å². The largest absolute Gasteiger partial charge is 0.295 e. The van der Waals surface area contributed by atoms with Crippen molar-refractivity contribution >= 4 is 17.3 Å². The molecule has 0 aromatic heterocycles. The number of carbonyl (C=O) groups excluding carboxylic acids is 1. The number of benzene rings is 1. The molecule has 0 atom stereocenters. The third-order valence-electron chi connectivity index (χ3n) is 2.45. The summed E-state index contributed by atoms with van der Waals surface area (Å²) in [6.07, 6.45) is 4.95. The number of carbonyl (C=O) groups is 1. The summed E-state index contributed by atoms with van der Waals surface area (Å²) in [5, 5.41) is 0. The van der Waals surface area contributed by atoms with Gasteiger partial charge >= 0.3 is 0 Å². The summed E-state index contributed by atoms with van der Waals surface area (Å²) >= 11 is 0. The van der Waals surface area contributed by atoms with Gasteiger partial charge in [0.05, 0.1) is 0 Å². The van der Waals surface area contributed by atoms with Crippen LogP contribution in [0.5, 0.6) is 0 Å². The van der Waals surface area contributed by atoms with Crippen LogP contribution in [0.3, 0.4) is 0 Å². The lowest BCUT2D eigenvalue weighted by molar-refractivity contribution is -0.112. The quantitative estimate of drug-likeness (QED) is 0.449. The second-order valence-electron chi connectivity index (χ2n) is 4.34. The van der Waals surface area contributed by atoms with E-state index >= 15 is 0 Å². The van der Waals surface area contributed by atoms with Gasteiger partial charge in [-0.15, -0.1) is 0 Å². The number of ketones is 1. The van der Waals surface area contributed by atoms with Gasteiger partial charge in [-0.1, -0.05) is 43.7 Å². The van der Waals surface area contributed by atoms with Crippen LogP contribution >= 0.6 is 0 Å². The van der Waals surface area contributed by atoms with Gasteiger partial charge in [0.2, 0.25) is 0 Å². The predicted molar refractivity (Wildman–Crippen MR) is 80.8 cm³/mol. The molecule has 3 heteroatoms. The van der Waals surface area contributed by atoms with Gasteiger partial charge in [0, 0.05) is 17.5 Å². The first-order valence-corrected chi connectivity index (χ1v) is 6.48. The summed E-state index contributed by atoms with van der Waals surface area (Å²) in [7, 11) is 0. The van der Waals surface area contributed by atoms with E-state index in [1.165, 1.54) is 19.2 Å². The lowest BCUT2D eigenvalue weighted by atomic mass is 10.2. The van der Waals surface area contributed by atoms with E-state index in [-0.39, 0.29) is 5.78 Å². The average Bonchev–Trinajstić information content (AvgIpc) is 2.38. The van der Waals surface area contributed by atoms with E-state index in [1.54, 1.807) is 0 Å². The standard InChI is InChI=1S/C16H20N2O/c1-4-8-13(2)18-16(17-12-11-14(3)19)15-9-6-5-7-10-15/h5-7,9-12H,4,8H2,1-3H3/b12-11+,17-16?,18-13?. The number of hydrogen-bond donors (Lipinski definition) is 0. The van der Waals surface area contributed by atoms with Crippen molar-refractivity contribution in [3.05, 3.63) is 48.2 Å². The highest BCUT2D eigenvalue weighted by molar-refractivity contribution is 6.06. The van der Waals surface area contributed by atoms with Crippen LogP contribution in [0.15, 0.2) is 52.6 Å². The SMILES string of the molecule is CCCC(C)=NC(=N/C=C/C(C)=O)c1ccccc1. The fraction of sp³-hybridized carbons (Fsp3) is 0.312. The summed E-state index contributed by atoms with van der Waals surface area (Å²) in [5.74, 6) is 0.620. The number of hydrogen-bond acceptors (Lipinski definition) is 2. The number of aliphatic imine (C=N–C) groups is 2. The zero-order valence-electron chi connectivity index (χ0n) is 11.8. The van der Waals surface area contributed by atoms with Crippen molar-refractivity contribution in [2.24, 2.45) is 9.98 Å². The Labute approximate surface area is 114 Å². The Balaban J connectivity index is 3.05. The molecule has 0 aliphatic rings. The molecule has 0 radical (unpaired) electrons. The van der Waals surface area contributed by atoms with Crippen LogP contribution in [0, 0.1) is 0 Å². The van der Waals surface area contributed by atoms with Crippen LogP contribution in [-0.4, -0.2) is 17.3 Å². The first-order valence-electron chi connectivity index (χ1n) is 6.48. The minimum absolute atomic E-state index is 0.0228. The lowest BCUT2D eigenvalue weighted by Crippen LogP contribution is -2.01. The normalized spacial score (nSPS) is 13.0. The van der Waals surface area contributed by atoms with Gasteiger partial charge in [0.1, 0.15) is 0 Å². The van der Waals surface area contributed by atoms with Crippen molar-refractivity contribution in [3.63, 3.8) is 0 Å². The second-order valence-corrected chi connectivity index (χ2v) is 4.34. The van der Waals surface area contributed by atoms with Crippen molar-refractivity contribution in [3.8, 4) is 0 Å². The first-order chi connectivity index (χ1) is 9.13. The molecule has 0 bridgehead atoms. The molecular formula is C16H20N2O. The van der Waals surface area contributed by atoms with E-state index < -0.39 is 0 Å². The van der Waals surface area contributed by atoms with Gasteiger partial charge < -0.3 is 0 Å². The first kappa shape index (κ1) is 15.0. The minimum atomic E-state index is -0.0228. The van der Waals surface area contributed by atoms with E-state index in [2.05, 4.69) is 16.9 Å². The number of allylic oxidation sites excluding steroid dienone is 1. The monoisotopic (exact) mass is 256 g/mol.